The van der Waals surface area contributed by atoms with Gasteiger partial charge in [-0.2, -0.15) is 19.9 Å². The first-order valence-electron chi connectivity index (χ1n) is 31.1. The molecule has 422 valence electrons. The summed E-state index contributed by atoms with van der Waals surface area (Å²) >= 11 is 24.7. The van der Waals surface area contributed by atoms with Gasteiger partial charge in [0, 0.05) is 72.7 Å². The maximum Gasteiger partial charge on any atom is 0.226 e. The van der Waals surface area contributed by atoms with Crippen molar-refractivity contribution < 1.29 is 13.7 Å². The number of nitrogens with zero attached hydrogens (tertiary/aromatic N) is 12. The second kappa shape index (κ2) is 30.9. The number of fused-ring (bicyclic) bond motifs is 1. The zero-order chi connectivity index (χ0) is 68.7. The Bertz CT molecular complexity index is 4680. The molecule has 17 heteroatoms. The normalized spacial score (nSPS) is 12.0. The highest BCUT2D eigenvalue weighted by atomic mass is 79.9. The quantitative estimate of drug-likeness (QED) is 0.133. The van der Waals surface area contributed by atoms with Crippen LogP contribution in [0.5, 0.6) is 0 Å². The number of hydrogen-bond acceptors (Lipinski definition) is 12. The summed E-state index contributed by atoms with van der Waals surface area (Å²) in [7, 11) is 0. The van der Waals surface area contributed by atoms with Crippen LogP contribution in [-0.4, -0.2) is 59.8 Å². The lowest BCUT2D eigenvalue weighted by Crippen LogP contribution is -1.96. The number of benzene rings is 7. The molecule has 87 heavy (non-hydrogen) atoms. The van der Waals surface area contributed by atoms with Gasteiger partial charge in [0.05, 0.1) is 47.5 Å². The Morgan fingerprint density at radius 1 is 0.276 bits per heavy atom. The Labute approximate surface area is 548 Å². The topological polar surface area (TPSA) is 155 Å². The fraction of sp³-hybridized carbons (Fsp3) is 0. The molecule has 0 saturated heterocycles. The van der Waals surface area contributed by atoms with Gasteiger partial charge in [0.1, 0.15) is 0 Å². The predicted octanol–water partition coefficient (Wildman–Crippen LogP) is 19.1. The van der Waals surface area contributed by atoms with Crippen molar-refractivity contribution in [3.05, 3.63) is 310 Å². The van der Waals surface area contributed by atoms with E-state index in [1.807, 2.05) is 188 Å². The lowest BCUT2D eigenvalue weighted by atomic mass is 10.1. The molecule has 0 aliphatic carbocycles. The first kappa shape index (κ1) is 48.6. The summed E-state index contributed by atoms with van der Waals surface area (Å²) < 4.78 is 80.4. The van der Waals surface area contributed by atoms with Crippen molar-refractivity contribution in [2.45, 2.75) is 0 Å². The lowest BCUT2D eigenvalue weighted by Gasteiger charge is -2.05. The first-order valence-corrected chi connectivity index (χ1v) is 28.8. The van der Waals surface area contributed by atoms with E-state index < -0.39 is 65.7 Å². The van der Waals surface area contributed by atoms with Crippen molar-refractivity contribution in [1.82, 2.24) is 59.8 Å². The van der Waals surface area contributed by atoms with Crippen LogP contribution in [-0.2, 0) is 0 Å². The highest BCUT2D eigenvalue weighted by molar-refractivity contribution is 9.10. The summed E-state index contributed by atoms with van der Waals surface area (Å²) in [6.07, 6.45) is 7.20. The second-order valence-electron chi connectivity index (χ2n) is 17.7. The smallest absolute Gasteiger partial charge is 0.226 e. The van der Waals surface area contributed by atoms with E-state index >= 15 is 0 Å². The molecule has 0 atom stereocenters. The molecular weight excluding hydrogens is 1280 g/mol. The van der Waals surface area contributed by atoms with Crippen LogP contribution in [0.3, 0.4) is 0 Å². The molecule has 7 aromatic carbocycles. The summed E-state index contributed by atoms with van der Waals surface area (Å²) in [6, 6.07) is 59.2. The van der Waals surface area contributed by atoms with Gasteiger partial charge >= 0.3 is 0 Å². The van der Waals surface area contributed by atoms with E-state index in [4.69, 9.17) is 48.5 Å². The number of aromatic nitrogens is 12. The van der Waals surface area contributed by atoms with Gasteiger partial charge in [-0.25, -0.2) is 19.9 Å². The molecule has 0 spiro atoms. The molecule has 0 radical (unpaired) electrons. The van der Waals surface area contributed by atoms with Crippen LogP contribution in [0.2, 0.25) is 15.9 Å². The number of rotatable bonds is 8. The Kier molecular flexibility index (Phi) is 17.3. The molecule has 7 aromatic heterocycles. The van der Waals surface area contributed by atoms with E-state index in [0.717, 1.165) is 76.1 Å². The van der Waals surface area contributed by atoms with Crippen LogP contribution < -0.4 is 0 Å². The Morgan fingerprint density at radius 3 is 1.11 bits per heavy atom. The van der Waals surface area contributed by atoms with Gasteiger partial charge in [-0.05, 0) is 115 Å². The minimum absolute atomic E-state index is 0.202. The van der Waals surface area contributed by atoms with Gasteiger partial charge in [-0.1, -0.05) is 218 Å². The fourth-order valence-corrected chi connectivity index (χ4v) is 8.88. The van der Waals surface area contributed by atoms with Crippen LogP contribution in [0.25, 0.3) is 102 Å². The van der Waals surface area contributed by atoms with E-state index in [1.54, 1.807) is 18.6 Å². The average Bonchev–Trinajstić information content (AvgIpc) is 0.767. The number of hydrogen-bond donors (Lipinski definition) is 0. The van der Waals surface area contributed by atoms with Crippen molar-refractivity contribution in [3.8, 4) is 90.6 Å². The predicted molar refractivity (Wildman–Crippen MR) is 357 cm³/mol. The van der Waals surface area contributed by atoms with Crippen LogP contribution in [0.4, 0.5) is 0 Å². The van der Waals surface area contributed by atoms with Crippen molar-refractivity contribution in [1.29, 1.82) is 0 Å². The van der Waals surface area contributed by atoms with Crippen molar-refractivity contribution in [2.24, 2.45) is 0 Å². The van der Waals surface area contributed by atoms with Gasteiger partial charge < -0.3 is 0 Å². The molecule has 12 nitrogen and oxygen atoms in total. The fourth-order valence-electron chi connectivity index (χ4n) is 7.82. The third-order valence-electron chi connectivity index (χ3n) is 11.8. The molecule has 0 aliphatic heterocycles. The number of pyridine rings is 4. The van der Waals surface area contributed by atoms with Gasteiger partial charge in [0.15, 0.2) is 23.3 Å². The van der Waals surface area contributed by atoms with E-state index in [2.05, 4.69) is 110 Å². The molecule has 14 rings (SSSR count). The second-order valence-corrected chi connectivity index (χ2v) is 20.6. The summed E-state index contributed by atoms with van der Waals surface area (Å²) in [5.74, 6) is 0.395. The van der Waals surface area contributed by atoms with Gasteiger partial charge in [-0.15, -0.1) is 0 Å². The van der Waals surface area contributed by atoms with E-state index in [9.17, 15) is 0 Å². The molecule has 0 amide bonds. The zero-order valence-corrected chi connectivity index (χ0v) is 50.6. The molecule has 0 saturated carbocycles. The molecule has 0 unspecified atom stereocenters. The third kappa shape index (κ3) is 17.7. The SMILES string of the molecule is Brc1ccc(-c2ccccn2)nc1.Brc1cnc2cc(-c3ccccc3)cnc2c1.Clc1nc(-c2ccccc2)cc(-c2ccccc2)n1.Clc1nc(-c2ccccc2)nc(-c2ccccc2)n1.[2H]c1c([2H])c([2H])c(-c2nc(Cl)nc(-c3c([2H])c([2H])c([2H])c([2H])c3[2H])n2)c([2H])c1[2H]. The molecule has 7 heterocycles. The maximum atomic E-state index is 8.02. The minimum atomic E-state index is -0.609. The van der Waals surface area contributed by atoms with Crippen LogP contribution >= 0.6 is 66.7 Å². The largest absolute Gasteiger partial charge is 0.255 e. The van der Waals surface area contributed by atoms with Crippen LogP contribution in [0.1, 0.15) is 13.7 Å². The summed E-state index contributed by atoms with van der Waals surface area (Å²) in [6.45, 7) is 0. The Balaban J connectivity index is 0.000000135. The van der Waals surface area contributed by atoms with E-state index in [1.165, 1.54) is 0 Å². The molecule has 0 fully saturated rings. The summed E-state index contributed by atoms with van der Waals surface area (Å²) in [5, 5.41) is 0.0246. The Morgan fingerprint density at radius 2 is 0.667 bits per heavy atom. The average molecular weight is 1330 g/mol. The first-order chi connectivity index (χ1) is 46.8. The van der Waals surface area contributed by atoms with Gasteiger partial charge in [-0.3, -0.25) is 19.9 Å². The Hall–Kier alpha value is -9.67. The standard InChI is InChI=1S/C16H11ClN2.2C15H10ClN3.C14H9BrN2.C10H7BrN2/c17-16-18-14(12-7-3-1-4-8-12)11-15(19-16)13-9-5-2-6-10-13;2*16-15-18-13(11-7-3-1-4-8-11)17-14(19-15)12-9-5-2-6-10-12;15-12-7-14-13(17-9-12)6-11(8-16-14)10-4-2-1-3-5-10;11-8-4-5-10(13-7-8)9-3-1-2-6-12-9/h1-11H;2*1-10H;1-9H;1-7H/i;1D,2D,3D,4D,5D,6D,7D,8D,9D,10D;;;. The van der Waals surface area contributed by atoms with Crippen molar-refractivity contribution in [3.63, 3.8) is 0 Å². The minimum Gasteiger partial charge on any atom is -0.255 e. The maximum absolute atomic E-state index is 8.02. The highest BCUT2D eigenvalue weighted by Crippen LogP contribution is 2.27. The molecule has 0 aliphatic rings. The summed E-state index contributed by atoms with van der Waals surface area (Å²) in [4.78, 5) is 50.2. The van der Waals surface area contributed by atoms with Crippen molar-refractivity contribution >= 4 is 77.7 Å². The van der Waals surface area contributed by atoms with E-state index in [-0.39, 0.29) is 33.3 Å². The van der Waals surface area contributed by atoms with Crippen LogP contribution in [0, 0.1) is 0 Å². The summed E-state index contributed by atoms with van der Waals surface area (Å²) in [5.41, 5.74) is 10.7. The lowest BCUT2D eigenvalue weighted by molar-refractivity contribution is 1.07. The highest BCUT2D eigenvalue weighted by Gasteiger charge is 2.11. The van der Waals surface area contributed by atoms with E-state index in [0.29, 0.717) is 11.6 Å². The van der Waals surface area contributed by atoms with Gasteiger partial charge in [0.25, 0.3) is 0 Å². The van der Waals surface area contributed by atoms with Crippen LogP contribution in [0.15, 0.2) is 294 Å². The zero-order valence-electron chi connectivity index (χ0n) is 55.1. The third-order valence-corrected chi connectivity index (χ3v) is 13.2. The molecule has 0 bridgehead atoms. The number of halogens is 5. The van der Waals surface area contributed by atoms with Gasteiger partial charge in [0.2, 0.25) is 15.9 Å². The van der Waals surface area contributed by atoms with Crippen molar-refractivity contribution in [2.75, 3.05) is 0 Å². The monoisotopic (exact) mass is 1330 g/mol. The molecule has 14 aromatic rings. The molecular formula is C70H47Br2Cl3N12. The molecule has 0 N–H and O–H groups in total.